The van der Waals surface area contributed by atoms with E-state index in [2.05, 4.69) is 10.1 Å². The Bertz CT molecular complexity index is 958. The molecule has 1 aliphatic rings. The fourth-order valence-corrected chi connectivity index (χ4v) is 3.56. The summed E-state index contributed by atoms with van der Waals surface area (Å²) in [4.78, 5) is 2.12. The monoisotopic (exact) mass is 386 g/mol. The average Bonchev–Trinajstić information content (AvgIpc) is 3.08. The Morgan fingerprint density at radius 2 is 1.93 bits per heavy atom. The van der Waals surface area contributed by atoms with Crippen LogP contribution in [0.25, 0.3) is 11.3 Å². The van der Waals surface area contributed by atoms with Crippen LogP contribution in [0.2, 0.25) is 5.02 Å². The molecule has 0 saturated carbocycles. The van der Waals surface area contributed by atoms with Gasteiger partial charge in [-0.1, -0.05) is 47.1 Å². The molecule has 0 amide bonds. The van der Waals surface area contributed by atoms with Gasteiger partial charge in [-0.05, 0) is 11.6 Å². The number of fused-ring (bicyclic) bond motifs is 1. The standard InChI is InChI=1S/C20H19ClN2O4/c21-15-8-13(17(24)9-18(15)25)20-14-10-23(7-6-16(14)22-27-20)11-19(26)12-4-2-1-3-5-12/h1-5,8-9,19,24-26H,6-7,10-11H2. The van der Waals surface area contributed by atoms with E-state index in [4.69, 9.17) is 16.1 Å². The molecule has 4 rings (SSSR count). The Labute approximate surface area is 161 Å². The first kappa shape index (κ1) is 17.9. The van der Waals surface area contributed by atoms with Crippen molar-refractivity contribution in [3.63, 3.8) is 0 Å². The molecule has 7 heteroatoms. The summed E-state index contributed by atoms with van der Waals surface area (Å²) in [5.74, 6) is 0.111. The third kappa shape index (κ3) is 3.51. The van der Waals surface area contributed by atoms with Crippen LogP contribution in [0, 0.1) is 0 Å². The Balaban J connectivity index is 1.58. The van der Waals surface area contributed by atoms with Crippen molar-refractivity contribution in [3.8, 4) is 22.8 Å². The zero-order valence-corrected chi connectivity index (χ0v) is 15.2. The van der Waals surface area contributed by atoms with Gasteiger partial charge >= 0.3 is 0 Å². The van der Waals surface area contributed by atoms with Crippen molar-refractivity contribution >= 4 is 11.6 Å². The summed E-state index contributed by atoms with van der Waals surface area (Å²) in [5, 5.41) is 34.6. The summed E-state index contributed by atoms with van der Waals surface area (Å²) in [6.07, 6.45) is 0.0972. The van der Waals surface area contributed by atoms with Gasteiger partial charge in [-0.2, -0.15) is 0 Å². The van der Waals surface area contributed by atoms with Crippen molar-refractivity contribution in [1.29, 1.82) is 0 Å². The van der Waals surface area contributed by atoms with E-state index in [0.29, 0.717) is 30.8 Å². The molecule has 140 valence electrons. The number of phenols is 2. The lowest BCUT2D eigenvalue weighted by atomic mass is 10.00. The van der Waals surface area contributed by atoms with Gasteiger partial charge in [0.2, 0.25) is 0 Å². The number of nitrogens with zero attached hydrogens (tertiary/aromatic N) is 2. The second-order valence-electron chi connectivity index (χ2n) is 6.67. The van der Waals surface area contributed by atoms with E-state index in [9.17, 15) is 15.3 Å². The summed E-state index contributed by atoms with van der Waals surface area (Å²) in [7, 11) is 0. The van der Waals surface area contributed by atoms with Gasteiger partial charge in [0.05, 0.1) is 22.4 Å². The van der Waals surface area contributed by atoms with Gasteiger partial charge in [-0.15, -0.1) is 0 Å². The second-order valence-corrected chi connectivity index (χ2v) is 7.08. The van der Waals surface area contributed by atoms with E-state index in [-0.39, 0.29) is 16.5 Å². The summed E-state index contributed by atoms with van der Waals surface area (Å²) in [6.45, 7) is 1.78. The molecule has 0 aliphatic carbocycles. The van der Waals surface area contributed by atoms with Gasteiger partial charge in [0.1, 0.15) is 11.5 Å². The topological polar surface area (TPSA) is 90.0 Å². The fourth-order valence-electron chi connectivity index (χ4n) is 3.39. The van der Waals surface area contributed by atoms with Crippen LogP contribution in [0.1, 0.15) is 22.9 Å². The van der Waals surface area contributed by atoms with Crippen LogP contribution >= 0.6 is 11.6 Å². The molecule has 0 saturated heterocycles. The maximum absolute atomic E-state index is 10.5. The minimum Gasteiger partial charge on any atom is -0.507 e. The smallest absolute Gasteiger partial charge is 0.175 e. The quantitative estimate of drug-likeness (QED) is 0.636. The van der Waals surface area contributed by atoms with Crippen molar-refractivity contribution in [2.45, 2.75) is 19.1 Å². The van der Waals surface area contributed by atoms with Crippen molar-refractivity contribution in [2.24, 2.45) is 0 Å². The number of aliphatic hydroxyl groups excluding tert-OH is 1. The van der Waals surface area contributed by atoms with Gasteiger partial charge in [0.25, 0.3) is 0 Å². The molecule has 1 aliphatic heterocycles. The Kier molecular flexibility index (Phi) is 4.78. The molecular formula is C20H19ClN2O4. The highest BCUT2D eigenvalue weighted by atomic mass is 35.5. The van der Waals surface area contributed by atoms with Crippen LogP contribution in [0.5, 0.6) is 11.5 Å². The van der Waals surface area contributed by atoms with Gasteiger partial charge in [-0.25, -0.2) is 0 Å². The number of aromatic nitrogens is 1. The first-order valence-corrected chi connectivity index (χ1v) is 9.05. The molecular weight excluding hydrogens is 368 g/mol. The summed E-state index contributed by atoms with van der Waals surface area (Å²) in [5.41, 5.74) is 2.95. The van der Waals surface area contributed by atoms with E-state index in [1.165, 1.54) is 12.1 Å². The lowest BCUT2D eigenvalue weighted by Gasteiger charge is -2.28. The molecule has 6 nitrogen and oxygen atoms in total. The normalized spacial score (nSPS) is 15.5. The fraction of sp³-hybridized carbons (Fsp3) is 0.250. The van der Waals surface area contributed by atoms with Crippen LogP contribution in [0.3, 0.4) is 0 Å². The maximum Gasteiger partial charge on any atom is 0.175 e. The summed E-state index contributed by atoms with van der Waals surface area (Å²) >= 11 is 5.98. The van der Waals surface area contributed by atoms with E-state index in [1.807, 2.05) is 30.3 Å². The van der Waals surface area contributed by atoms with E-state index < -0.39 is 6.10 Å². The average molecular weight is 387 g/mol. The van der Waals surface area contributed by atoms with Crippen molar-refractivity contribution in [2.75, 3.05) is 13.1 Å². The van der Waals surface area contributed by atoms with Gasteiger partial charge in [-0.3, -0.25) is 4.90 Å². The largest absolute Gasteiger partial charge is 0.507 e. The van der Waals surface area contributed by atoms with Crippen molar-refractivity contribution in [3.05, 3.63) is 64.3 Å². The summed E-state index contributed by atoms with van der Waals surface area (Å²) in [6, 6.07) is 12.2. The zero-order chi connectivity index (χ0) is 19.0. The third-order valence-electron chi connectivity index (χ3n) is 4.84. The lowest BCUT2D eigenvalue weighted by Crippen LogP contribution is -2.34. The first-order chi connectivity index (χ1) is 13.0. The van der Waals surface area contributed by atoms with Gasteiger partial charge < -0.3 is 19.8 Å². The highest BCUT2D eigenvalue weighted by Gasteiger charge is 2.27. The molecule has 27 heavy (non-hydrogen) atoms. The predicted octanol–water partition coefficient (Wildman–Crippen LogP) is 3.50. The van der Waals surface area contributed by atoms with Crippen LogP contribution in [0.15, 0.2) is 47.0 Å². The van der Waals surface area contributed by atoms with Crippen LogP contribution in [-0.2, 0) is 13.0 Å². The van der Waals surface area contributed by atoms with Crippen LogP contribution in [0.4, 0.5) is 0 Å². The number of hydrogen-bond donors (Lipinski definition) is 3. The molecule has 0 bridgehead atoms. The number of benzene rings is 2. The molecule has 1 atom stereocenters. The Morgan fingerprint density at radius 1 is 1.15 bits per heavy atom. The number of hydrogen-bond acceptors (Lipinski definition) is 6. The highest BCUT2D eigenvalue weighted by Crippen LogP contribution is 2.40. The second kappa shape index (κ2) is 7.23. The number of aromatic hydroxyl groups is 2. The molecule has 0 fully saturated rings. The number of phenolic OH excluding ortho intramolecular Hbond substituents is 2. The molecule has 1 aromatic heterocycles. The number of halogens is 1. The van der Waals surface area contributed by atoms with E-state index >= 15 is 0 Å². The molecule has 0 radical (unpaired) electrons. The van der Waals surface area contributed by atoms with Crippen LogP contribution in [-0.4, -0.2) is 38.5 Å². The summed E-state index contributed by atoms with van der Waals surface area (Å²) < 4.78 is 5.48. The highest BCUT2D eigenvalue weighted by molar-refractivity contribution is 6.32. The number of β-amino-alcohol motifs (C(OH)–C–C–N with tert-alkyl or cyclic N) is 1. The minimum atomic E-state index is -0.590. The molecule has 3 aromatic rings. The number of rotatable bonds is 4. The zero-order valence-electron chi connectivity index (χ0n) is 14.5. The van der Waals surface area contributed by atoms with Gasteiger partial charge in [0.15, 0.2) is 5.76 Å². The predicted molar refractivity (Wildman–Crippen MR) is 101 cm³/mol. The van der Waals surface area contributed by atoms with Crippen molar-refractivity contribution < 1.29 is 19.8 Å². The molecule has 2 heterocycles. The van der Waals surface area contributed by atoms with Gasteiger partial charge in [0, 0.05) is 37.7 Å². The lowest BCUT2D eigenvalue weighted by molar-refractivity contribution is 0.106. The molecule has 2 aromatic carbocycles. The SMILES string of the molecule is Oc1cc(O)c(-c2onc3c2CN(CC(O)c2ccccc2)CC3)cc1Cl. The molecule has 0 spiro atoms. The Morgan fingerprint density at radius 3 is 2.70 bits per heavy atom. The maximum atomic E-state index is 10.5. The van der Waals surface area contributed by atoms with Crippen LogP contribution < -0.4 is 0 Å². The third-order valence-corrected chi connectivity index (χ3v) is 5.14. The molecule has 1 unspecified atom stereocenters. The van der Waals surface area contributed by atoms with Crippen molar-refractivity contribution in [1.82, 2.24) is 10.1 Å². The first-order valence-electron chi connectivity index (χ1n) is 8.67. The number of aliphatic hydroxyl groups is 1. The van der Waals surface area contributed by atoms with E-state index in [1.54, 1.807) is 0 Å². The minimum absolute atomic E-state index is 0.125. The Hall–Kier alpha value is -2.54. The van der Waals surface area contributed by atoms with E-state index in [0.717, 1.165) is 23.4 Å². The molecule has 3 N–H and O–H groups in total.